The molecule has 0 spiro atoms. The van der Waals surface area contributed by atoms with Gasteiger partial charge in [0.1, 0.15) is 0 Å². The summed E-state index contributed by atoms with van der Waals surface area (Å²) in [6.45, 7) is 0. The molecule has 0 aliphatic heterocycles. The van der Waals surface area contributed by atoms with E-state index in [1.165, 1.54) is 7.11 Å². The quantitative estimate of drug-likeness (QED) is 0.324. The maximum absolute atomic E-state index is 4.00. The minimum absolute atomic E-state index is 0. The van der Waals surface area contributed by atoms with Crippen molar-refractivity contribution in [1.82, 2.24) is 0 Å². The summed E-state index contributed by atoms with van der Waals surface area (Å²) < 4.78 is 4.00. The molecule has 0 rings (SSSR count). The van der Waals surface area contributed by atoms with Crippen LogP contribution < -0.4 is 0 Å². The fourth-order valence-corrected chi connectivity index (χ4v) is 0. The van der Waals surface area contributed by atoms with E-state index in [0.717, 1.165) is 0 Å². The molecule has 0 bridgehead atoms. The van der Waals surface area contributed by atoms with Crippen molar-refractivity contribution >= 4 is 0 Å². The summed E-state index contributed by atoms with van der Waals surface area (Å²) in [7, 11) is 4.50. The molecule has 0 heterocycles. The van der Waals surface area contributed by atoms with Crippen LogP contribution in [-0.2, 0) is 24.2 Å². The van der Waals surface area contributed by atoms with Gasteiger partial charge in [-0.15, -0.1) is 0 Å². The standard InChI is InChI=1S/C2H5O.Zn/c1-3-2;/h1H2,2H3;/q-1;. The molecule has 0 aliphatic rings. The van der Waals surface area contributed by atoms with Gasteiger partial charge in [-0.3, -0.25) is 0 Å². The van der Waals surface area contributed by atoms with Gasteiger partial charge in [0, 0.05) is 19.5 Å². The van der Waals surface area contributed by atoms with Crippen molar-refractivity contribution in [3.63, 3.8) is 0 Å². The second kappa shape index (κ2) is 9.54. The van der Waals surface area contributed by atoms with Crippen molar-refractivity contribution < 1.29 is 24.2 Å². The maximum Gasteiger partial charge on any atom is 0 e. The van der Waals surface area contributed by atoms with E-state index in [4.69, 9.17) is 0 Å². The summed E-state index contributed by atoms with van der Waals surface area (Å²) >= 11 is 0. The zero-order valence-corrected chi connectivity index (χ0v) is 5.79. The molecule has 2 heteroatoms. The molecular formula is C2H5OZn-. The number of ether oxygens (including phenoxy) is 1. The van der Waals surface area contributed by atoms with Gasteiger partial charge in [-0.2, -0.15) is 0 Å². The van der Waals surface area contributed by atoms with Gasteiger partial charge in [0.25, 0.3) is 0 Å². The molecule has 0 aliphatic carbocycles. The molecule has 0 N–H and O–H groups in total. The van der Waals surface area contributed by atoms with E-state index < -0.39 is 0 Å². The third-order valence-corrected chi connectivity index (χ3v) is 0. The van der Waals surface area contributed by atoms with E-state index in [-0.39, 0.29) is 19.5 Å². The number of hydrogen-bond donors (Lipinski definition) is 0. The van der Waals surface area contributed by atoms with Gasteiger partial charge < -0.3 is 4.74 Å². The first-order valence-electron chi connectivity index (χ1n) is 0.697. The Balaban J connectivity index is 0. The molecule has 4 heavy (non-hydrogen) atoms. The van der Waals surface area contributed by atoms with Gasteiger partial charge in [-0.1, -0.05) is 0 Å². The Morgan fingerprint density at radius 3 is 1.75 bits per heavy atom. The molecule has 0 amide bonds. The molecule has 1 nitrogen and oxygen atoms in total. The van der Waals surface area contributed by atoms with Crippen molar-refractivity contribution in [2.45, 2.75) is 0 Å². The van der Waals surface area contributed by atoms with E-state index in [0.29, 0.717) is 0 Å². The average molecular weight is 110 g/mol. The third kappa shape index (κ3) is 19.0. The summed E-state index contributed by atoms with van der Waals surface area (Å²) in [6, 6.07) is 0. The molecule has 0 aromatic rings. The topological polar surface area (TPSA) is 9.23 Å². The largest absolute Gasteiger partial charge is 0.557 e. The number of hydrogen-bond acceptors (Lipinski definition) is 1. The minimum Gasteiger partial charge on any atom is -0.557 e. The fourth-order valence-electron chi connectivity index (χ4n) is 0. The summed E-state index contributed by atoms with van der Waals surface area (Å²) in [5, 5.41) is 0. The van der Waals surface area contributed by atoms with Gasteiger partial charge >= 0.3 is 0 Å². The van der Waals surface area contributed by atoms with Crippen LogP contribution in [0.1, 0.15) is 0 Å². The zero-order valence-electron chi connectivity index (χ0n) is 2.82. The van der Waals surface area contributed by atoms with Crippen LogP contribution in [0.5, 0.6) is 0 Å². The van der Waals surface area contributed by atoms with Gasteiger partial charge in [-0.25, -0.2) is 7.11 Å². The Hall–Kier alpha value is 0.583. The van der Waals surface area contributed by atoms with Crippen LogP contribution in [-0.4, -0.2) is 7.11 Å². The molecule has 0 saturated heterocycles. The molecule has 0 aromatic heterocycles. The van der Waals surface area contributed by atoms with Crippen molar-refractivity contribution in [2.24, 2.45) is 0 Å². The van der Waals surface area contributed by atoms with E-state index >= 15 is 0 Å². The predicted octanol–water partition coefficient (Wildman–Crippen LogP) is 0.422. The molecule has 0 radical (unpaired) electrons. The first-order chi connectivity index (χ1) is 1.41. The van der Waals surface area contributed by atoms with Crippen LogP contribution in [0.3, 0.4) is 0 Å². The Morgan fingerprint density at radius 1 is 1.75 bits per heavy atom. The Morgan fingerprint density at radius 2 is 1.75 bits per heavy atom. The van der Waals surface area contributed by atoms with Crippen LogP contribution in [0.15, 0.2) is 0 Å². The molecular weight excluding hydrogens is 105 g/mol. The van der Waals surface area contributed by atoms with Gasteiger partial charge in [0.15, 0.2) is 0 Å². The zero-order chi connectivity index (χ0) is 2.71. The van der Waals surface area contributed by atoms with E-state index in [1.54, 1.807) is 0 Å². The summed E-state index contributed by atoms with van der Waals surface area (Å²) in [4.78, 5) is 0. The Kier molecular flexibility index (Phi) is 21.0. The SMILES string of the molecule is [CH2-]OC.[Zn]. The van der Waals surface area contributed by atoms with Gasteiger partial charge in [0.05, 0.1) is 0 Å². The Labute approximate surface area is 39.1 Å². The second-order valence-corrected chi connectivity index (χ2v) is 0.289. The van der Waals surface area contributed by atoms with Crippen molar-refractivity contribution in [2.75, 3.05) is 7.11 Å². The van der Waals surface area contributed by atoms with Gasteiger partial charge in [0.2, 0.25) is 0 Å². The van der Waals surface area contributed by atoms with Crippen molar-refractivity contribution in [3.05, 3.63) is 7.11 Å². The minimum atomic E-state index is 0. The Bertz CT molecular complexity index is 6.00. The maximum atomic E-state index is 4.00. The molecule has 22 valence electrons. The van der Waals surface area contributed by atoms with E-state index in [9.17, 15) is 0 Å². The monoisotopic (exact) mass is 109 g/mol. The van der Waals surface area contributed by atoms with Crippen LogP contribution in [0.4, 0.5) is 0 Å². The first kappa shape index (κ1) is 8.82. The third-order valence-electron chi connectivity index (χ3n) is 0. The van der Waals surface area contributed by atoms with E-state index in [1.807, 2.05) is 0 Å². The van der Waals surface area contributed by atoms with Crippen LogP contribution in [0, 0.1) is 7.11 Å². The molecule has 0 unspecified atom stereocenters. The van der Waals surface area contributed by atoms with Crippen LogP contribution in [0.25, 0.3) is 0 Å². The first-order valence-corrected chi connectivity index (χ1v) is 0.697. The second-order valence-electron chi connectivity index (χ2n) is 0.289. The normalized spacial score (nSPS) is 4.50. The van der Waals surface area contributed by atoms with E-state index in [2.05, 4.69) is 11.8 Å². The van der Waals surface area contributed by atoms with Crippen molar-refractivity contribution in [1.29, 1.82) is 0 Å². The molecule has 0 saturated carbocycles. The summed E-state index contributed by atoms with van der Waals surface area (Å²) in [6.07, 6.45) is 0. The number of methoxy groups -OCH3 is 1. The smallest absolute Gasteiger partial charge is 0 e. The average Bonchev–Trinajstić information content (AvgIpc) is 0.918. The predicted molar refractivity (Wildman–Crippen MR) is 12.4 cm³/mol. The molecule has 0 aromatic carbocycles. The van der Waals surface area contributed by atoms with Crippen LogP contribution >= 0.6 is 0 Å². The molecule has 0 fully saturated rings. The summed E-state index contributed by atoms with van der Waals surface area (Å²) in [5.41, 5.74) is 0. The van der Waals surface area contributed by atoms with Gasteiger partial charge in [-0.05, 0) is 7.11 Å². The van der Waals surface area contributed by atoms with Crippen molar-refractivity contribution in [3.8, 4) is 0 Å². The molecule has 0 atom stereocenters. The van der Waals surface area contributed by atoms with Crippen LogP contribution in [0.2, 0.25) is 0 Å². The number of rotatable bonds is 0. The fraction of sp³-hybridized carbons (Fsp3) is 0.500. The summed E-state index contributed by atoms with van der Waals surface area (Å²) in [5.74, 6) is 0.